The highest BCUT2D eigenvalue weighted by Gasteiger charge is 2.17. The molecule has 4 heteroatoms. The van der Waals surface area contributed by atoms with E-state index in [9.17, 15) is 4.79 Å². The zero-order valence-electron chi connectivity index (χ0n) is 9.46. The van der Waals surface area contributed by atoms with E-state index in [1.165, 1.54) is 11.8 Å². The van der Waals surface area contributed by atoms with Gasteiger partial charge in [-0.3, -0.25) is 4.79 Å². The Hall–Kier alpha value is -0.220. The molecule has 0 saturated carbocycles. The molecular weight excluding hydrogens is 198 g/mol. The van der Waals surface area contributed by atoms with Crippen molar-refractivity contribution in [3.05, 3.63) is 0 Å². The molecule has 0 aliphatic heterocycles. The Morgan fingerprint density at radius 1 is 1.57 bits per heavy atom. The summed E-state index contributed by atoms with van der Waals surface area (Å²) in [4.78, 5) is 11.4. The third-order valence-electron chi connectivity index (χ3n) is 2.12. The summed E-state index contributed by atoms with van der Waals surface area (Å²) < 4.78 is 0. The van der Waals surface area contributed by atoms with Crippen molar-refractivity contribution in [2.24, 2.45) is 0 Å². The molecule has 1 unspecified atom stereocenters. The lowest BCUT2D eigenvalue weighted by molar-refractivity contribution is -0.120. The summed E-state index contributed by atoms with van der Waals surface area (Å²) in [5, 5.41) is 11.8. The van der Waals surface area contributed by atoms with Crippen LogP contribution in [0.2, 0.25) is 0 Å². The molecule has 0 bridgehead atoms. The van der Waals surface area contributed by atoms with Crippen molar-refractivity contribution >= 4 is 17.7 Å². The molecule has 0 radical (unpaired) electrons. The van der Waals surface area contributed by atoms with Crippen LogP contribution < -0.4 is 5.32 Å². The Morgan fingerprint density at radius 2 is 2.14 bits per heavy atom. The molecule has 0 aliphatic carbocycles. The van der Waals surface area contributed by atoms with Crippen LogP contribution in [-0.4, -0.2) is 34.2 Å². The second-order valence-corrected chi connectivity index (χ2v) is 5.52. The van der Waals surface area contributed by atoms with Crippen LogP contribution >= 0.6 is 11.8 Å². The molecular formula is C10H21NO2S. The van der Waals surface area contributed by atoms with E-state index in [4.69, 9.17) is 5.11 Å². The van der Waals surface area contributed by atoms with Gasteiger partial charge in [-0.2, -0.15) is 0 Å². The summed E-state index contributed by atoms with van der Waals surface area (Å²) in [5.74, 6) is 0.465. The molecule has 0 saturated heterocycles. The SMILES string of the molecule is CCC(C)(C)NC(=O)CSC(C)CO. The average molecular weight is 219 g/mol. The minimum atomic E-state index is -0.125. The van der Waals surface area contributed by atoms with Crippen LogP contribution in [0.3, 0.4) is 0 Å². The van der Waals surface area contributed by atoms with Crippen molar-refractivity contribution in [1.29, 1.82) is 0 Å². The van der Waals surface area contributed by atoms with Gasteiger partial charge in [-0.05, 0) is 20.3 Å². The fourth-order valence-electron chi connectivity index (χ4n) is 0.773. The average Bonchev–Trinajstić information content (AvgIpc) is 2.13. The number of amides is 1. The van der Waals surface area contributed by atoms with Gasteiger partial charge >= 0.3 is 0 Å². The van der Waals surface area contributed by atoms with Gasteiger partial charge in [0.15, 0.2) is 0 Å². The summed E-state index contributed by atoms with van der Waals surface area (Å²) in [6.45, 7) is 8.08. The van der Waals surface area contributed by atoms with E-state index in [-0.39, 0.29) is 23.3 Å². The van der Waals surface area contributed by atoms with Crippen molar-refractivity contribution in [3.63, 3.8) is 0 Å². The molecule has 14 heavy (non-hydrogen) atoms. The first kappa shape index (κ1) is 13.8. The normalized spacial score (nSPS) is 13.8. The number of rotatable bonds is 6. The first-order valence-electron chi connectivity index (χ1n) is 4.94. The van der Waals surface area contributed by atoms with Crippen molar-refractivity contribution in [2.75, 3.05) is 12.4 Å². The van der Waals surface area contributed by atoms with Gasteiger partial charge < -0.3 is 10.4 Å². The van der Waals surface area contributed by atoms with Gasteiger partial charge in [-0.1, -0.05) is 13.8 Å². The lowest BCUT2D eigenvalue weighted by Gasteiger charge is -2.24. The van der Waals surface area contributed by atoms with Gasteiger partial charge in [0.25, 0.3) is 0 Å². The van der Waals surface area contributed by atoms with Crippen molar-refractivity contribution < 1.29 is 9.90 Å². The second-order valence-electron chi connectivity index (χ2n) is 4.09. The Morgan fingerprint density at radius 3 is 2.57 bits per heavy atom. The predicted molar refractivity (Wildman–Crippen MR) is 61.5 cm³/mol. The summed E-state index contributed by atoms with van der Waals surface area (Å²) in [6, 6.07) is 0. The summed E-state index contributed by atoms with van der Waals surface area (Å²) in [5.41, 5.74) is -0.125. The Kier molecular flexibility index (Phi) is 6.20. The number of hydrogen-bond acceptors (Lipinski definition) is 3. The summed E-state index contributed by atoms with van der Waals surface area (Å²) in [6.07, 6.45) is 0.916. The van der Waals surface area contributed by atoms with Crippen LogP contribution in [0.25, 0.3) is 0 Å². The molecule has 3 nitrogen and oxygen atoms in total. The molecule has 1 amide bonds. The molecule has 0 aromatic heterocycles. The highest BCUT2D eigenvalue weighted by Crippen LogP contribution is 2.11. The minimum Gasteiger partial charge on any atom is -0.395 e. The first-order chi connectivity index (χ1) is 6.41. The maximum absolute atomic E-state index is 11.4. The molecule has 0 rings (SSSR count). The van der Waals surface area contributed by atoms with E-state index in [2.05, 4.69) is 5.32 Å². The maximum atomic E-state index is 11.4. The molecule has 2 N–H and O–H groups in total. The summed E-state index contributed by atoms with van der Waals surface area (Å²) >= 11 is 1.47. The topological polar surface area (TPSA) is 49.3 Å². The van der Waals surface area contributed by atoms with E-state index in [0.29, 0.717) is 5.75 Å². The number of hydrogen-bond donors (Lipinski definition) is 2. The highest BCUT2D eigenvalue weighted by molar-refractivity contribution is 8.00. The van der Waals surface area contributed by atoms with E-state index >= 15 is 0 Å². The number of carbonyl (C=O) groups excluding carboxylic acids is 1. The number of aliphatic hydroxyl groups is 1. The quantitative estimate of drug-likeness (QED) is 0.710. The minimum absolute atomic E-state index is 0.0437. The largest absolute Gasteiger partial charge is 0.395 e. The number of aliphatic hydroxyl groups excluding tert-OH is 1. The lowest BCUT2D eigenvalue weighted by Crippen LogP contribution is -2.43. The zero-order valence-corrected chi connectivity index (χ0v) is 10.3. The van der Waals surface area contributed by atoms with Gasteiger partial charge in [0.05, 0.1) is 12.4 Å². The highest BCUT2D eigenvalue weighted by atomic mass is 32.2. The van der Waals surface area contributed by atoms with E-state index in [1.54, 1.807) is 0 Å². The molecule has 0 aromatic rings. The lowest BCUT2D eigenvalue weighted by atomic mass is 10.0. The molecule has 1 atom stereocenters. The standard InChI is InChI=1S/C10H21NO2S/c1-5-10(3,4)11-9(13)7-14-8(2)6-12/h8,12H,5-7H2,1-4H3,(H,11,13). The molecule has 0 aromatic carbocycles. The molecule has 0 aliphatic rings. The maximum Gasteiger partial charge on any atom is 0.230 e. The van der Waals surface area contributed by atoms with Crippen molar-refractivity contribution in [1.82, 2.24) is 5.32 Å². The number of carbonyl (C=O) groups is 1. The third kappa shape index (κ3) is 6.27. The predicted octanol–water partition coefficient (Wildman–Crippen LogP) is 1.41. The molecule has 84 valence electrons. The fraction of sp³-hybridized carbons (Fsp3) is 0.900. The van der Waals surface area contributed by atoms with Gasteiger partial charge in [0, 0.05) is 10.8 Å². The van der Waals surface area contributed by atoms with Crippen LogP contribution in [-0.2, 0) is 4.79 Å². The van der Waals surface area contributed by atoms with Crippen LogP contribution in [0.15, 0.2) is 0 Å². The van der Waals surface area contributed by atoms with E-state index in [0.717, 1.165) is 6.42 Å². The number of nitrogens with one attached hydrogen (secondary N) is 1. The molecule has 0 fully saturated rings. The fourth-order valence-corrected chi connectivity index (χ4v) is 1.39. The van der Waals surface area contributed by atoms with E-state index in [1.807, 2.05) is 27.7 Å². The second kappa shape index (κ2) is 6.30. The van der Waals surface area contributed by atoms with Crippen LogP contribution in [0.4, 0.5) is 0 Å². The molecule has 0 heterocycles. The first-order valence-corrected chi connectivity index (χ1v) is 5.99. The molecule has 0 spiro atoms. The number of thioether (sulfide) groups is 1. The van der Waals surface area contributed by atoms with Crippen molar-refractivity contribution in [3.8, 4) is 0 Å². The van der Waals surface area contributed by atoms with Gasteiger partial charge in [0.2, 0.25) is 5.91 Å². The van der Waals surface area contributed by atoms with Gasteiger partial charge in [0.1, 0.15) is 0 Å². The van der Waals surface area contributed by atoms with Crippen molar-refractivity contribution in [2.45, 2.75) is 44.9 Å². The van der Waals surface area contributed by atoms with E-state index < -0.39 is 0 Å². The van der Waals surface area contributed by atoms with Crippen LogP contribution in [0.1, 0.15) is 34.1 Å². The third-order valence-corrected chi connectivity index (χ3v) is 3.26. The van der Waals surface area contributed by atoms with Gasteiger partial charge in [-0.15, -0.1) is 11.8 Å². The van der Waals surface area contributed by atoms with Crippen LogP contribution in [0.5, 0.6) is 0 Å². The monoisotopic (exact) mass is 219 g/mol. The Balaban J connectivity index is 3.76. The van der Waals surface area contributed by atoms with Gasteiger partial charge in [-0.25, -0.2) is 0 Å². The van der Waals surface area contributed by atoms with Crippen LogP contribution in [0, 0.1) is 0 Å². The smallest absolute Gasteiger partial charge is 0.230 e. The Bertz CT molecular complexity index is 183. The Labute approximate surface area is 90.7 Å². The summed E-state index contributed by atoms with van der Waals surface area (Å²) in [7, 11) is 0. The zero-order chi connectivity index (χ0) is 11.2.